The number of aromatic nitrogens is 3. The van der Waals surface area contributed by atoms with Crippen molar-refractivity contribution in [3.05, 3.63) is 48.8 Å². The maximum Gasteiger partial charge on any atom is 0.290 e. The van der Waals surface area contributed by atoms with Gasteiger partial charge >= 0.3 is 0 Å². The maximum atomic E-state index is 8.97. The van der Waals surface area contributed by atoms with Crippen LogP contribution in [-0.4, -0.2) is 26.5 Å². The van der Waals surface area contributed by atoms with Crippen molar-refractivity contribution in [2.45, 2.75) is 6.54 Å². The van der Waals surface area contributed by atoms with E-state index in [-0.39, 0.29) is 6.61 Å². The summed E-state index contributed by atoms with van der Waals surface area (Å²) in [5, 5.41) is 13.0. The molecule has 0 saturated heterocycles. The van der Waals surface area contributed by atoms with Gasteiger partial charge < -0.3 is 14.3 Å². The molecule has 6 nitrogen and oxygen atoms in total. The van der Waals surface area contributed by atoms with E-state index in [1.54, 1.807) is 16.8 Å². The van der Waals surface area contributed by atoms with E-state index in [0.29, 0.717) is 29.8 Å². The number of para-hydroxylation sites is 1. The lowest BCUT2D eigenvalue weighted by atomic mass is 10.3. The fourth-order valence-electron chi connectivity index (χ4n) is 1.81. The molecule has 0 aliphatic heterocycles. The number of ether oxygens (including phenoxy) is 1. The fraction of sp³-hybridized carbons (Fsp3) is 0.143. The highest BCUT2D eigenvalue weighted by Gasteiger charge is 2.12. The van der Waals surface area contributed by atoms with Crippen LogP contribution >= 0.6 is 0 Å². The highest BCUT2D eigenvalue weighted by Crippen LogP contribution is 2.28. The van der Waals surface area contributed by atoms with Crippen LogP contribution in [0.4, 0.5) is 0 Å². The summed E-state index contributed by atoms with van der Waals surface area (Å²) < 4.78 is 12.7. The average molecular weight is 271 g/mol. The molecule has 3 aromatic rings. The lowest BCUT2D eigenvalue weighted by Crippen LogP contribution is -2.05. The Morgan fingerprint density at radius 2 is 2.00 bits per heavy atom. The summed E-state index contributed by atoms with van der Waals surface area (Å²) in [4.78, 5) is 4.12. The van der Waals surface area contributed by atoms with Gasteiger partial charge in [-0.25, -0.2) is 9.67 Å². The molecule has 0 aliphatic rings. The highest BCUT2D eigenvalue weighted by molar-refractivity contribution is 5.48. The van der Waals surface area contributed by atoms with Gasteiger partial charge in [0.05, 0.1) is 13.2 Å². The van der Waals surface area contributed by atoms with Crippen molar-refractivity contribution in [1.82, 2.24) is 14.8 Å². The van der Waals surface area contributed by atoms with Gasteiger partial charge in [-0.3, -0.25) is 0 Å². The van der Waals surface area contributed by atoms with Crippen molar-refractivity contribution in [3.8, 4) is 23.3 Å². The zero-order valence-corrected chi connectivity index (χ0v) is 10.6. The normalized spacial score (nSPS) is 10.7. The number of furan rings is 1. The first-order valence-corrected chi connectivity index (χ1v) is 6.18. The molecule has 6 heteroatoms. The molecule has 3 rings (SSSR count). The molecule has 0 amide bonds. The van der Waals surface area contributed by atoms with Crippen LogP contribution in [0, 0.1) is 0 Å². The first kappa shape index (κ1) is 12.4. The van der Waals surface area contributed by atoms with Crippen LogP contribution in [0.5, 0.6) is 11.7 Å². The van der Waals surface area contributed by atoms with Crippen molar-refractivity contribution in [2.24, 2.45) is 0 Å². The zero-order valence-electron chi connectivity index (χ0n) is 10.6. The van der Waals surface area contributed by atoms with Crippen LogP contribution in [-0.2, 0) is 6.54 Å². The molecular formula is C14H13N3O3. The third kappa shape index (κ3) is 2.55. The fourth-order valence-corrected chi connectivity index (χ4v) is 1.81. The Morgan fingerprint density at radius 1 is 1.15 bits per heavy atom. The SMILES string of the molecule is OCCn1ncnc1-c1ccc(Oc2ccccc2)o1. The van der Waals surface area contributed by atoms with E-state index in [9.17, 15) is 0 Å². The molecule has 2 aromatic heterocycles. The van der Waals surface area contributed by atoms with E-state index >= 15 is 0 Å². The smallest absolute Gasteiger partial charge is 0.290 e. The highest BCUT2D eigenvalue weighted by atomic mass is 16.6. The molecule has 102 valence electrons. The van der Waals surface area contributed by atoms with Gasteiger partial charge in [0, 0.05) is 6.07 Å². The molecule has 20 heavy (non-hydrogen) atoms. The summed E-state index contributed by atoms with van der Waals surface area (Å²) in [6.45, 7) is 0.356. The summed E-state index contributed by atoms with van der Waals surface area (Å²) >= 11 is 0. The third-order valence-electron chi connectivity index (χ3n) is 2.69. The summed E-state index contributed by atoms with van der Waals surface area (Å²) in [6.07, 6.45) is 1.42. The van der Waals surface area contributed by atoms with Crippen molar-refractivity contribution in [1.29, 1.82) is 0 Å². The first-order valence-electron chi connectivity index (χ1n) is 6.18. The van der Waals surface area contributed by atoms with Crippen LogP contribution in [0.25, 0.3) is 11.6 Å². The lowest BCUT2D eigenvalue weighted by molar-refractivity contribution is 0.269. The Bertz CT molecular complexity index is 676. The van der Waals surface area contributed by atoms with Gasteiger partial charge in [-0.2, -0.15) is 5.10 Å². The zero-order chi connectivity index (χ0) is 13.8. The predicted octanol–water partition coefficient (Wildman–Crippen LogP) is 2.32. The third-order valence-corrected chi connectivity index (χ3v) is 2.69. The van der Waals surface area contributed by atoms with Gasteiger partial charge in [0.1, 0.15) is 12.1 Å². The van der Waals surface area contributed by atoms with Crippen LogP contribution < -0.4 is 4.74 Å². The Hall–Kier alpha value is -2.60. The Morgan fingerprint density at radius 3 is 2.80 bits per heavy atom. The minimum absolute atomic E-state index is 0.00948. The second-order valence-corrected chi connectivity index (χ2v) is 4.06. The van der Waals surface area contributed by atoms with Gasteiger partial charge in [-0.15, -0.1) is 0 Å². The largest absolute Gasteiger partial charge is 0.426 e. The molecular weight excluding hydrogens is 258 g/mol. The maximum absolute atomic E-state index is 8.97. The van der Waals surface area contributed by atoms with Crippen molar-refractivity contribution >= 4 is 0 Å². The minimum Gasteiger partial charge on any atom is -0.426 e. The van der Waals surface area contributed by atoms with Crippen LogP contribution in [0.1, 0.15) is 0 Å². The molecule has 0 fully saturated rings. The van der Waals surface area contributed by atoms with E-state index < -0.39 is 0 Å². The summed E-state index contributed by atoms with van der Waals surface area (Å²) in [5.41, 5.74) is 0. The minimum atomic E-state index is -0.00948. The number of benzene rings is 1. The Balaban J connectivity index is 1.81. The van der Waals surface area contributed by atoms with Gasteiger partial charge in [0.25, 0.3) is 5.95 Å². The second-order valence-electron chi connectivity index (χ2n) is 4.06. The Kier molecular flexibility index (Phi) is 3.47. The van der Waals surface area contributed by atoms with E-state index in [1.807, 2.05) is 30.3 Å². The summed E-state index contributed by atoms with van der Waals surface area (Å²) in [5.74, 6) is 2.18. The standard InChI is InChI=1S/C14H13N3O3/c18-9-8-17-14(15-10-16-17)12-6-7-13(20-12)19-11-4-2-1-3-5-11/h1-7,10,18H,8-9H2. The molecule has 0 aliphatic carbocycles. The van der Waals surface area contributed by atoms with E-state index in [2.05, 4.69) is 10.1 Å². The number of hydrogen-bond donors (Lipinski definition) is 1. The van der Waals surface area contributed by atoms with Gasteiger partial charge in [0.15, 0.2) is 11.6 Å². The summed E-state index contributed by atoms with van der Waals surface area (Å²) in [6, 6.07) is 12.9. The molecule has 0 saturated carbocycles. The molecule has 0 radical (unpaired) electrons. The topological polar surface area (TPSA) is 73.3 Å². The number of hydrogen-bond acceptors (Lipinski definition) is 5. The van der Waals surface area contributed by atoms with E-state index in [4.69, 9.17) is 14.3 Å². The van der Waals surface area contributed by atoms with Crippen LogP contribution in [0.3, 0.4) is 0 Å². The van der Waals surface area contributed by atoms with Crippen molar-refractivity contribution in [3.63, 3.8) is 0 Å². The molecule has 0 spiro atoms. The van der Waals surface area contributed by atoms with Crippen LogP contribution in [0.15, 0.2) is 53.2 Å². The molecule has 0 atom stereocenters. The summed E-state index contributed by atoms with van der Waals surface area (Å²) in [7, 11) is 0. The molecule has 0 bridgehead atoms. The molecule has 0 unspecified atom stereocenters. The number of nitrogens with zero attached hydrogens (tertiary/aromatic N) is 3. The van der Waals surface area contributed by atoms with E-state index in [1.165, 1.54) is 6.33 Å². The van der Waals surface area contributed by atoms with Gasteiger partial charge in [-0.1, -0.05) is 18.2 Å². The second kappa shape index (κ2) is 5.58. The first-order chi connectivity index (χ1) is 9.86. The lowest BCUT2D eigenvalue weighted by Gasteiger charge is -2.02. The van der Waals surface area contributed by atoms with Crippen molar-refractivity contribution in [2.75, 3.05) is 6.61 Å². The van der Waals surface area contributed by atoms with Crippen LogP contribution in [0.2, 0.25) is 0 Å². The van der Waals surface area contributed by atoms with Gasteiger partial charge in [0.2, 0.25) is 0 Å². The number of aliphatic hydroxyl groups is 1. The quantitative estimate of drug-likeness (QED) is 0.771. The van der Waals surface area contributed by atoms with Gasteiger partial charge in [-0.05, 0) is 18.2 Å². The number of rotatable bonds is 5. The molecule has 1 N–H and O–H groups in total. The average Bonchev–Trinajstić information content (AvgIpc) is 3.09. The van der Waals surface area contributed by atoms with Crippen molar-refractivity contribution < 1.29 is 14.3 Å². The number of aliphatic hydroxyl groups excluding tert-OH is 1. The monoisotopic (exact) mass is 271 g/mol. The predicted molar refractivity (Wildman–Crippen MR) is 71.3 cm³/mol. The van der Waals surface area contributed by atoms with E-state index in [0.717, 1.165) is 0 Å². The Labute approximate surface area is 115 Å². The molecule has 2 heterocycles. The molecule has 1 aromatic carbocycles.